The van der Waals surface area contributed by atoms with Crippen molar-refractivity contribution in [2.45, 2.75) is 18.5 Å². The normalized spacial score (nSPS) is 14.5. The van der Waals surface area contributed by atoms with E-state index in [1.807, 2.05) is 6.07 Å². The van der Waals surface area contributed by atoms with Gasteiger partial charge in [-0.25, -0.2) is 9.18 Å². The van der Waals surface area contributed by atoms with Crippen molar-refractivity contribution in [2.75, 3.05) is 6.61 Å². The Morgan fingerprint density at radius 2 is 2.12 bits per heavy atom. The Balaban J connectivity index is 2.60. The van der Waals surface area contributed by atoms with E-state index in [1.165, 1.54) is 0 Å². The topological polar surface area (TPSA) is 26.3 Å². The number of hydrogen-bond donors (Lipinski definition) is 0. The van der Waals surface area contributed by atoms with Crippen LogP contribution >= 0.6 is 11.6 Å². The van der Waals surface area contributed by atoms with Crippen LogP contribution in [0.15, 0.2) is 42.5 Å². The summed E-state index contributed by atoms with van der Waals surface area (Å²) in [5.74, 6) is -0.594. The number of allylic oxidation sites excluding steroid dienone is 1. The molecule has 0 aromatic heterocycles. The summed E-state index contributed by atoms with van der Waals surface area (Å²) in [4.78, 5) is 11.0. The van der Waals surface area contributed by atoms with E-state index in [0.29, 0.717) is 0 Å². The zero-order valence-electron chi connectivity index (χ0n) is 9.53. The Labute approximate surface area is 105 Å². The molecule has 0 saturated heterocycles. The van der Waals surface area contributed by atoms with Gasteiger partial charge < -0.3 is 4.74 Å². The van der Waals surface area contributed by atoms with Gasteiger partial charge in [-0.1, -0.05) is 41.9 Å². The molecule has 1 atom stereocenters. The lowest BCUT2D eigenvalue weighted by atomic mass is 10.1. The van der Waals surface area contributed by atoms with E-state index in [-0.39, 0.29) is 13.0 Å². The van der Waals surface area contributed by atoms with Crippen molar-refractivity contribution >= 4 is 17.6 Å². The maximum atomic E-state index is 13.8. The lowest BCUT2D eigenvalue weighted by Gasteiger charge is -2.12. The average molecular weight is 257 g/mol. The first kappa shape index (κ1) is 13.7. The summed E-state index contributed by atoms with van der Waals surface area (Å²) in [5.41, 5.74) is 0.763. The van der Waals surface area contributed by atoms with Crippen molar-refractivity contribution in [2.24, 2.45) is 0 Å². The summed E-state index contributed by atoms with van der Waals surface area (Å²) in [6, 6.07) is 8.99. The highest BCUT2D eigenvalue weighted by molar-refractivity contribution is 6.24. The van der Waals surface area contributed by atoms with Crippen LogP contribution in [0.2, 0.25) is 0 Å². The molecule has 17 heavy (non-hydrogen) atoms. The van der Waals surface area contributed by atoms with Crippen LogP contribution in [-0.2, 0) is 16.0 Å². The Morgan fingerprint density at radius 3 is 2.71 bits per heavy atom. The average Bonchev–Trinajstić information content (AvgIpc) is 2.28. The molecule has 1 aromatic carbocycles. The molecule has 2 nitrogen and oxygen atoms in total. The molecule has 92 valence electrons. The highest BCUT2D eigenvalue weighted by Crippen LogP contribution is 2.24. The highest BCUT2D eigenvalue weighted by Gasteiger charge is 2.23. The molecule has 0 N–H and O–H groups in total. The third-order valence-corrected chi connectivity index (χ3v) is 2.29. The van der Waals surface area contributed by atoms with E-state index >= 15 is 0 Å². The second-order valence-corrected chi connectivity index (χ2v) is 4.14. The van der Waals surface area contributed by atoms with Crippen molar-refractivity contribution in [1.29, 1.82) is 0 Å². The summed E-state index contributed by atoms with van der Waals surface area (Å²) in [6.07, 6.45) is 2.03. The summed E-state index contributed by atoms with van der Waals surface area (Å²) >= 11 is 5.65. The molecule has 0 spiro atoms. The van der Waals surface area contributed by atoms with Gasteiger partial charge in [-0.3, -0.25) is 0 Å². The third kappa shape index (κ3) is 5.50. The molecule has 1 aromatic rings. The maximum absolute atomic E-state index is 13.8. The van der Waals surface area contributed by atoms with E-state index in [4.69, 9.17) is 11.6 Å². The summed E-state index contributed by atoms with van der Waals surface area (Å²) in [5, 5.41) is -2.08. The van der Waals surface area contributed by atoms with Gasteiger partial charge in [0.1, 0.15) is 0 Å². The van der Waals surface area contributed by atoms with Crippen LogP contribution in [0.4, 0.5) is 4.39 Å². The number of carbonyl (C=O) groups is 1. The number of rotatable bonds is 5. The fourth-order valence-corrected chi connectivity index (χ4v) is 1.52. The number of ether oxygens (including phenoxy) is 1. The molecular formula is C13H14ClFO2. The maximum Gasteiger partial charge on any atom is 0.330 e. The Kier molecular flexibility index (Phi) is 5.16. The zero-order valence-corrected chi connectivity index (χ0v) is 10.3. The van der Waals surface area contributed by atoms with Crippen LogP contribution in [-0.4, -0.2) is 17.7 Å². The Morgan fingerprint density at radius 1 is 1.47 bits per heavy atom. The molecule has 0 aliphatic heterocycles. The molecule has 0 bridgehead atoms. The quantitative estimate of drug-likeness (QED) is 0.459. The largest absolute Gasteiger partial charge is 0.463 e. The van der Waals surface area contributed by atoms with Crippen molar-refractivity contribution in [3.05, 3.63) is 48.0 Å². The SMILES string of the molecule is CCOC(=O)/C=C\[C@@](F)(Cl)Cc1ccccc1. The molecule has 1 rings (SSSR count). The molecule has 0 heterocycles. The summed E-state index contributed by atoms with van der Waals surface area (Å²) in [6.45, 7) is 1.93. The van der Waals surface area contributed by atoms with Gasteiger partial charge in [-0.15, -0.1) is 0 Å². The number of benzene rings is 1. The van der Waals surface area contributed by atoms with Crippen LogP contribution < -0.4 is 0 Å². The molecular weight excluding hydrogens is 243 g/mol. The van der Waals surface area contributed by atoms with Crippen molar-refractivity contribution < 1.29 is 13.9 Å². The third-order valence-electron chi connectivity index (χ3n) is 2.03. The van der Waals surface area contributed by atoms with Crippen molar-refractivity contribution in [1.82, 2.24) is 0 Å². The van der Waals surface area contributed by atoms with Crippen LogP contribution in [0.5, 0.6) is 0 Å². The van der Waals surface area contributed by atoms with Crippen LogP contribution in [0, 0.1) is 0 Å². The molecule has 0 aliphatic rings. The Bertz CT molecular complexity index is 388. The molecule has 0 saturated carbocycles. The zero-order chi connectivity index (χ0) is 12.7. The second kappa shape index (κ2) is 6.40. The number of hydrogen-bond acceptors (Lipinski definition) is 2. The van der Waals surface area contributed by atoms with E-state index in [2.05, 4.69) is 4.74 Å². The van der Waals surface area contributed by atoms with Crippen molar-refractivity contribution in [3.63, 3.8) is 0 Å². The second-order valence-electron chi connectivity index (χ2n) is 3.51. The van der Waals surface area contributed by atoms with E-state index in [0.717, 1.165) is 17.7 Å². The minimum Gasteiger partial charge on any atom is -0.463 e. The number of esters is 1. The summed E-state index contributed by atoms with van der Waals surface area (Å²) < 4.78 is 18.5. The van der Waals surface area contributed by atoms with Gasteiger partial charge in [-0.2, -0.15) is 0 Å². The van der Waals surface area contributed by atoms with Gasteiger partial charge in [0.15, 0.2) is 0 Å². The van der Waals surface area contributed by atoms with Gasteiger partial charge in [0.25, 0.3) is 0 Å². The number of alkyl halides is 2. The first-order chi connectivity index (χ1) is 8.03. The minimum absolute atomic E-state index is 0.00526. The van der Waals surface area contributed by atoms with Crippen molar-refractivity contribution in [3.8, 4) is 0 Å². The minimum atomic E-state index is -2.08. The first-order valence-corrected chi connectivity index (χ1v) is 5.69. The molecule has 0 radical (unpaired) electrons. The van der Waals surface area contributed by atoms with Crippen LogP contribution in [0.1, 0.15) is 12.5 Å². The predicted octanol–water partition coefficient (Wildman–Crippen LogP) is 3.25. The predicted molar refractivity (Wildman–Crippen MR) is 65.6 cm³/mol. The molecule has 0 amide bonds. The standard InChI is InChI=1S/C13H14ClFO2/c1-2-17-12(16)8-9-13(14,15)10-11-6-4-3-5-7-11/h3-9H,2,10H2,1H3/b9-8-/t13-/m0/s1. The van der Waals surface area contributed by atoms with Gasteiger partial charge in [-0.05, 0) is 18.6 Å². The smallest absolute Gasteiger partial charge is 0.330 e. The lowest BCUT2D eigenvalue weighted by Crippen LogP contribution is -2.15. The fraction of sp³-hybridized carbons (Fsp3) is 0.308. The van der Waals surface area contributed by atoms with Gasteiger partial charge in [0, 0.05) is 12.5 Å². The van der Waals surface area contributed by atoms with Crippen LogP contribution in [0.3, 0.4) is 0 Å². The number of carbonyl (C=O) groups excluding carboxylic acids is 1. The molecule has 4 heteroatoms. The monoisotopic (exact) mass is 256 g/mol. The van der Waals surface area contributed by atoms with Crippen LogP contribution in [0.25, 0.3) is 0 Å². The van der Waals surface area contributed by atoms with E-state index in [9.17, 15) is 9.18 Å². The molecule has 0 unspecified atom stereocenters. The Hall–Kier alpha value is -1.35. The summed E-state index contributed by atoms with van der Waals surface area (Å²) in [7, 11) is 0. The van der Waals surface area contributed by atoms with Gasteiger partial charge in [0.2, 0.25) is 5.13 Å². The fourth-order valence-electron chi connectivity index (χ4n) is 1.31. The van der Waals surface area contributed by atoms with Gasteiger partial charge in [0.05, 0.1) is 6.61 Å². The van der Waals surface area contributed by atoms with Gasteiger partial charge >= 0.3 is 5.97 Å². The lowest BCUT2D eigenvalue weighted by molar-refractivity contribution is -0.137. The first-order valence-electron chi connectivity index (χ1n) is 5.31. The van der Waals surface area contributed by atoms with E-state index < -0.39 is 11.1 Å². The number of halogens is 2. The van der Waals surface area contributed by atoms with E-state index in [1.54, 1.807) is 31.2 Å². The molecule has 0 fully saturated rings. The molecule has 0 aliphatic carbocycles. The highest BCUT2D eigenvalue weighted by atomic mass is 35.5.